The maximum atomic E-state index is 11.8. The van der Waals surface area contributed by atoms with E-state index in [-0.39, 0.29) is 0 Å². The highest BCUT2D eigenvalue weighted by Crippen LogP contribution is 2.10. The topological polar surface area (TPSA) is 45.2 Å². The van der Waals surface area contributed by atoms with Crippen LogP contribution in [0.1, 0.15) is 31.2 Å². The summed E-state index contributed by atoms with van der Waals surface area (Å²) >= 11 is 0. The van der Waals surface area contributed by atoms with Gasteiger partial charge in [0, 0.05) is 45.0 Å². The Morgan fingerprint density at radius 3 is 2.89 bits per heavy atom. The number of nitrogens with one attached hydrogen (secondary N) is 1. The van der Waals surface area contributed by atoms with Crippen LogP contribution in [0.4, 0.5) is 0 Å². The van der Waals surface area contributed by atoms with Crippen molar-refractivity contribution in [2.24, 2.45) is 0 Å². The van der Waals surface area contributed by atoms with E-state index in [9.17, 15) is 4.79 Å². The van der Waals surface area contributed by atoms with E-state index in [1.165, 1.54) is 12.0 Å². The highest BCUT2D eigenvalue weighted by Gasteiger charge is 2.15. The van der Waals surface area contributed by atoms with E-state index in [4.69, 9.17) is 0 Å². The molecule has 0 saturated carbocycles. The molecule has 0 radical (unpaired) electrons. The van der Waals surface area contributed by atoms with E-state index < -0.39 is 0 Å². The summed E-state index contributed by atoms with van der Waals surface area (Å²) < 4.78 is 0. The van der Waals surface area contributed by atoms with Crippen molar-refractivity contribution in [2.75, 3.05) is 19.6 Å². The molecule has 1 aliphatic heterocycles. The van der Waals surface area contributed by atoms with Crippen LogP contribution in [0.2, 0.25) is 0 Å². The Bertz CT molecular complexity index is 367. The van der Waals surface area contributed by atoms with Crippen molar-refractivity contribution in [1.82, 2.24) is 15.2 Å². The molecule has 1 saturated heterocycles. The van der Waals surface area contributed by atoms with E-state index in [1.807, 2.05) is 17.0 Å². The molecule has 1 N–H and O–H groups in total. The van der Waals surface area contributed by atoms with Gasteiger partial charge < -0.3 is 10.2 Å². The molecule has 4 nitrogen and oxygen atoms in total. The van der Waals surface area contributed by atoms with Gasteiger partial charge in [0.15, 0.2) is 0 Å². The summed E-state index contributed by atoms with van der Waals surface area (Å²) in [5, 5.41) is 3.37. The summed E-state index contributed by atoms with van der Waals surface area (Å²) in [5.74, 6) is 0.318. The van der Waals surface area contributed by atoms with Crippen LogP contribution in [0.3, 0.4) is 0 Å². The van der Waals surface area contributed by atoms with E-state index >= 15 is 0 Å². The monoisotopic (exact) mass is 247 g/mol. The van der Waals surface area contributed by atoms with Crippen molar-refractivity contribution in [3.05, 3.63) is 30.1 Å². The zero-order chi connectivity index (χ0) is 12.6. The molecule has 1 aliphatic rings. The average molecular weight is 247 g/mol. The number of amides is 1. The molecule has 0 bridgehead atoms. The molecule has 98 valence electrons. The fourth-order valence-corrected chi connectivity index (χ4v) is 2.22. The van der Waals surface area contributed by atoms with Gasteiger partial charge in [0.1, 0.15) is 0 Å². The van der Waals surface area contributed by atoms with Crippen LogP contribution in [0.15, 0.2) is 24.5 Å². The number of hydrogen-bond donors (Lipinski definition) is 1. The Labute approximate surface area is 108 Å². The molecule has 0 atom stereocenters. The van der Waals surface area contributed by atoms with Gasteiger partial charge in [0.2, 0.25) is 5.91 Å². The van der Waals surface area contributed by atoms with Gasteiger partial charge >= 0.3 is 0 Å². The summed E-state index contributed by atoms with van der Waals surface area (Å²) in [6, 6.07) is 4.01. The number of likely N-dealkylation sites (tertiary alicyclic amines) is 1. The van der Waals surface area contributed by atoms with Gasteiger partial charge in [-0.15, -0.1) is 0 Å². The zero-order valence-electron chi connectivity index (χ0n) is 10.8. The van der Waals surface area contributed by atoms with Gasteiger partial charge in [-0.05, 0) is 30.5 Å². The second-order valence-electron chi connectivity index (χ2n) is 4.72. The number of pyridine rings is 1. The van der Waals surface area contributed by atoms with Crippen LogP contribution < -0.4 is 5.32 Å². The van der Waals surface area contributed by atoms with Crippen LogP contribution in [-0.4, -0.2) is 35.4 Å². The summed E-state index contributed by atoms with van der Waals surface area (Å²) in [6.45, 7) is 3.44. The van der Waals surface area contributed by atoms with Crippen LogP contribution in [0.5, 0.6) is 0 Å². The maximum absolute atomic E-state index is 11.8. The molecular formula is C14H21N3O. The minimum Gasteiger partial charge on any atom is -0.341 e. The van der Waals surface area contributed by atoms with Crippen LogP contribution in [0.25, 0.3) is 0 Å². The standard InChI is InChI=1S/C14H21N3O/c18-14-4-2-1-3-10-17(14)11-9-16-12-13-5-7-15-8-6-13/h5-8,16H,1-4,9-12H2. The third kappa shape index (κ3) is 4.11. The molecule has 1 aromatic rings. The van der Waals surface area contributed by atoms with Gasteiger partial charge in [-0.3, -0.25) is 9.78 Å². The minimum atomic E-state index is 0.318. The molecule has 0 unspecified atom stereocenters. The van der Waals surface area contributed by atoms with Crippen molar-refractivity contribution in [1.29, 1.82) is 0 Å². The smallest absolute Gasteiger partial charge is 0.222 e. The Hall–Kier alpha value is -1.42. The van der Waals surface area contributed by atoms with Crippen LogP contribution in [0, 0.1) is 0 Å². The normalized spacial score (nSPS) is 16.7. The van der Waals surface area contributed by atoms with Gasteiger partial charge in [0.05, 0.1) is 0 Å². The third-order valence-electron chi connectivity index (χ3n) is 3.31. The predicted molar refractivity (Wildman–Crippen MR) is 71.0 cm³/mol. The van der Waals surface area contributed by atoms with Crippen molar-refractivity contribution >= 4 is 5.91 Å². The average Bonchev–Trinajstić information content (AvgIpc) is 2.61. The quantitative estimate of drug-likeness (QED) is 0.803. The third-order valence-corrected chi connectivity index (χ3v) is 3.31. The van der Waals surface area contributed by atoms with Crippen LogP contribution in [-0.2, 0) is 11.3 Å². The van der Waals surface area contributed by atoms with E-state index in [1.54, 1.807) is 12.4 Å². The van der Waals surface area contributed by atoms with E-state index in [0.29, 0.717) is 5.91 Å². The lowest BCUT2D eigenvalue weighted by Crippen LogP contribution is -2.36. The number of carbonyl (C=O) groups is 1. The molecule has 0 aromatic carbocycles. The first-order valence-corrected chi connectivity index (χ1v) is 6.73. The highest BCUT2D eigenvalue weighted by atomic mass is 16.2. The number of aromatic nitrogens is 1. The molecule has 2 heterocycles. The SMILES string of the molecule is O=C1CCCCCN1CCNCc1ccncc1. The van der Waals surface area contributed by atoms with E-state index in [2.05, 4.69) is 10.3 Å². The molecule has 2 rings (SSSR count). The molecule has 18 heavy (non-hydrogen) atoms. The van der Waals surface area contributed by atoms with Gasteiger partial charge in [0.25, 0.3) is 0 Å². The molecule has 1 aromatic heterocycles. The Morgan fingerprint density at radius 1 is 1.22 bits per heavy atom. The Kier molecular flexibility index (Phi) is 5.15. The summed E-state index contributed by atoms with van der Waals surface area (Å²) in [4.78, 5) is 17.7. The summed E-state index contributed by atoms with van der Waals surface area (Å²) in [5.41, 5.74) is 1.23. The van der Waals surface area contributed by atoms with Crippen LogP contribution >= 0.6 is 0 Å². The van der Waals surface area contributed by atoms with Gasteiger partial charge in [-0.25, -0.2) is 0 Å². The van der Waals surface area contributed by atoms with Crippen molar-refractivity contribution < 1.29 is 4.79 Å². The first-order valence-electron chi connectivity index (χ1n) is 6.73. The van der Waals surface area contributed by atoms with E-state index in [0.717, 1.165) is 45.4 Å². The lowest BCUT2D eigenvalue weighted by molar-refractivity contribution is -0.130. The van der Waals surface area contributed by atoms with Gasteiger partial charge in [-0.1, -0.05) is 6.42 Å². The molecule has 4 heteroatoms. The van der Waals surface area contributed by atoms with Crippen molar-refractivity contribution in [3.63, 3.8) is 0 Å². The van der Waals surface area contributed by atoms with Gasteiger partial charge in [-0.2, -0.15) is 0 Å². The molecule has 0 aliphatic carbocycles. The van der Waals surface area contributed by atoms with Crippen molar-refractivity contribution in [2.45, 2.75) is 32.2 Å². The Morgan fingerprint density at radius 2 is 2.06 bits per heavy atom. The molecule has 1 fully saturated rings. The fourth-order valence-electron chi connectivity index (χ4n) is 2.22. The second kappa shape index (κ2) is 7.11. The predicted octanol–water partition coefficient (Wildman–Crippen LogP) is 1.57. The number of hydrogen-bond acceptors (Lipinski definition) is 3. The number of carbonyl (C=O) groups excluding carboxylic acids is 1. The maximum Gasteiger partial charge on any atom is 0.222 e. The zero-order valence-corrected chi connectivity index (χ0v) is 10.8. The summed E-state index contributed by atoms with van der Waals surface area (Å²) in [7, 11) is 0. The second-order valence-corrected chi connectivity index (χ2v) is 4.72. The fraction of sp³-hybridized carbons (Fsp3) is 0.571. The lowest BCUT2D eigenvalue weighted by Gasteiger charge is -2.20. The number of nitrogens with zero attached hydrogens (tertiary/aromatic N) is 2. The first kappa shape index (κ1) is 13.0. The molecular weight excluding hydrogens is 226 g/mol. The Balaban J connectivity index is 1.67. The largest absolute Gasteiger partial charge is 0.341 e. The minimum absolute atomic E-state index is 0.318. The highest BCUT2D eigenvalue weighted by molar-refractivity contribution is 5.76. The number of rotatable bonds is 5. The molecule has 0 spiro atoms. The summed E-state index contributed by atoms with van der Waals surface area (Å²) in [6.07, 6.45) is 7.72. The van der Waals surface area contributed by atoms with Crippen molar-refractivity contribution in [3.8, 4) is 0 Å². The lowest BCUT2D eigenvalue weighted by atomic mass is 10.2. The molecule has 1 amide bonds. The first-order chi connectivity index (χ1) is 8.86.